The highest BCUT2D eigenvalue weighted by molar-refractivity contribution is 6.02. The predicted octanol–water partition coefficient (Wildman–Crippen LogP) is 6.42. The van der Waals surface area contributed by atoms with Crippen LogP contribution in [-0.2, 0) is 4.74 Å². The number of nitrogens with two attached hydrogens (primary N) is 1. The van der Waals surface area contributed by atoms with Crippen LogP contribution in [-0.4, -0.2) is 26.7 Å². The first kappa shape index (κ1) is 21.6. The second-order valence-electron chi connectivity index (χ2n) is 9.67. The smallest absolute Gasteiger partial charge is 0.411 e. The van der Waals surface area contributed by atoms with Crippen molar-refractivity contribution in [3.8, 4) is 22.6 Å². The quantitative estimate of drug-likeness (QED) is 0.341. The van der Waals surface area contributed by atoms with Crippen molar-refractivity contribution >= 4 is 28.4 Å². The van der Waals surface area contributed by atoms with Gasteiger partial charge in [-0.2, -0.15) is 0 Å². The van der Waals surface area contributed by atoms with E-state index in [1.54, 1.807) is 12.4 Å². The molecule has 2 aromatic heterocycles. The SMILES string of the molecule is C[C@@H](OC(=O)Nc1ccc(-c2c(N)c3ccc(-c4ncccn4)cc3n2C2CCC2)cc1)C1CC1. The van der Waals surface area contributed by atoms with Gasteiger partial charge in [-0.3, -0.25) is 5.32 Å². The highest BCUT2D eigenvalue weighted by Gasteiger charge is 2.31. The zero-order valence-electron chi connectivity index (χ0n) is 19.8. The van der Waals surface area contributed by atoms with E-state index in [0.29, 0.717) is 23.5 Å². The van der Waals surface area contributed by atoms with Gasteiger partial charge in [-0.05, 0) is 75.3 Å². The molecule has 1 amide bonds. The molecule has 2 saturated carbocycles. The molecule has 0 saturated heterocycles. The minimum atomic E-state index is -0.407. The van der Waals surface area contributed by atoms with E-state index in [1.807, 2.05) is 43.3 Å². The zero-order valence-corrected chi connectivity index (χ0v) is 19.8. The average Bonchev–Trinajstić information content (AvgIpc) is 3.65. The molecule has 2 fully saturated rings. The van der Waals surface area contributed by atoms with Crippen molar-refractivity contribution in [2.75, 3.05) is 11.1 Å². The molecule has 2 aromatic carbocycles. The Hall–Kier alpha value is -3.87. The minimum Gasteiger partial charge on any atom is -0.446 e. The van der Waals surface area contributed by atoms with Crippen LogP contribution in [0, 0.1) is 5.92 Å². The highest BCUT2D eigenvalue weighted by Crippen LogP contribution is 2.45. The molecule has 2 aliphatic carbocycles. The van der Waals surface area contributed by atoms with Gasteiger partial charge in [0.1, 0.15) is 6.10 Å². The lowest BCUT2D eigenvalue weighted by atomic mass is 9.92. The van der Waals surface area contributed by atoms with Crippen LogP contribution in [0.4, 0.5) is 16.2 Å². The summed E-state index contributed by atoms with van der Waals surface area (Å²) < 4.78 is 7.87. The number of aromatic nitrogens is 3. The fourth-order valence-electron chi connectivity index (χ4n) is 4.93. The van der Waals surface area contributed by atoms with Crippen LogP contribution in [0.5, 0.6) is 0 Å². The summed E-state index contributed by atoms with van der Waals surface area (Å²) in [5.41, 5.74) is 12.3. The summed E-state index contributed by atoms with van der Waals surface area (Å²) in [5, 5.41) is 3.88. The van der Waals surface area contributed by atoms with Crippen molar-refractivity contribution in [2.45, 2.75) is 51.2 Å². The zero-order chi connectivity index (χ0) is 23.9. The maximum atomic E-state index is 12.3. The number of ether oxygens (including phenoxy) is 1. The van der Waals surface area contributed by atoms with Gasteiger partial charge in [-0.25, -0.2) is 14.8 Å². The van der Waals surface area contributed by atoms with E-state index in [-0.39, 0.29) is 6.10 Å². The molecule has 4 aromatic rings. The number of fused-ring (bicyclic) bond motifs is 1. The fourth-order valence-corrected chi connectivity index (χ4v) is 4.93. The first-order valence-electron chi connectivity index (χ1n) is 12.4. The van der Waals surface area contributed by atoms with Crippen LogP contribution in [0.3, 0.4) is 0 Å². The monoisotopic (exact) mass is 467 g/mol. The van der Waals surface area contributed by atoms with E-state index < -0.39 is 6.09 Å². The van der Waals surface area contributed by atoms with Crippen molar-refractivity contribution in [3.63, 3.8) is 0 Å². The van der Waals surface area contributed by atoms with Crippen molar-refractivity contribution < 1.29 is 9.53 Å². The molecule has 0 bridgehead atoms. The van der Waals surface area contributed by atoms with Gasteiger partial charge in [0.2, 0.25) is 0 Å². The third-order valence-electron chi connectivity index (χ3n) is 7.29. The molecule has 1 atom stereocenters. The Labute approximate surface area is 204 Å². The highest BCUT2D eigenvalue weighted by atomic mass is 16.6. The number of nitrogens with zero attached hydrogens (tertiary/aromatic N) is 3. The van der Waals surface area contributed by atoms with Gasteiger partial charge >= 0.3 is 6.09 Å². The Bertz CT molecular complexity index is 1370. The molecular weight excluding hydrogens is 438 g/mol. The number of hydrogen-bond acceptors (Lipinski definition) is 5. The largest absolute Gasteiger partial charge is 0.446 e. The number of rotatable bonds is 6. The van der Waals surface area contributed by atoms with Gasteiger partial charge in [0, 0.05) is 40.6 Å². The summed E-state index contributed by atoms with van der Waals surface area (Å²) >= 11 is 0. The van der Waals surface area contributed by atoms with Gasteiger partial charge in [0.25, 0.3) is 0 Å². The third-order valence-corrected chi connectivity index (χ3v) is 7.29. The Morgan fingerprint density at radius 1 is 1.06 bits per heavy atom. The molecule has 0 unspecified atom stereocenters. The Balaban J connectivity index is 1.34. The Morgan fingerprint density at radius 3 is 2.43 bits per heavy atom. The molecule has 0 aliphatic heterocycles. The third kappa shape index (κ3) is 4.11. The lowest BCUT2D eigenvalue weighted by Gasteiger charge is -2.30. The summed E-state index contributed by atoms with van der Waals surface area (Å²) in [6, 6.07) is 16.3. The lowest BCUT2D eigenvalue weighted by Crippen LogP contribution is -2.21. The van der Waals surface area contributed by atoms with Gasteiger partial charge < -0.3 is 15.0 Å². The topological polar surface area (TPSA) is 95.1 Å². The van der Waals surface area contributed by atoms with E-state index in [1.165, 1.54) is 6.42 Å². The minimum absolute atomic E-state index is 0.0431. The van der Waals surface area contributed by atoms with E-state index in [4.69, 9.17) is 10.5 Å². The molecule has 178 valence electrons. The van der Waals surface area contributed by atoms with Crippen molar-refractivity contribution in [1.82, 2.24) is 14.5 Å². The van der Waals surface area contributed by atoms with E-state index >= 15 is 0 Å². The van der Waals surface area contributed by atoms with Gasteiger partial charge in [-0.15, -0.1) is 0 Å². The average molecular weight is 468 g/mol. The number of nitrogen functional groups attached to an aromatic ring is 1. The van der Waals surface area contributed by atoms with Crippen LogP contribution in [0.2, 0.25) is 0 Å². The van der Waals surface area contributed by atoms with Crippen LogP contribution < -0.4 is 11.1 Å². The number of amides is 1. The molecule has 35 heavy (non-hydrogen) atoms. The summed E-state index contributed by atoms with van der Waals surface area (Å²) in [4.78, 5) is 21.1. The Kier molecular flexibility index (Phi) is 5.40. The normalized spacial score (nSPS) is 16.6. The second-order valence-corrected chi connectivity index (χ2v) is 9.67. The van der Waals surface area contributed by atoms with E-state index in [0.717, 1.165) is 59.1 Å². The van der Waals surface area contributed by atoms with Gasteiger partial charge in [0.05, 0.1) is 16.9 Å². The molecule has 3 N–H and O–H groups in total. The summed E-state index contributed by atoms with van der Waals surface area (Å²) in [6.07, 6.45) is 8.83. The molecule has 2 heterocycles. The predicted molar refractivity (Wildman–Crippen MR) is 138 cm³/mol. The number of anilines is 2. The Morgan fingerprint density at radius 2 is 1.77 bits per heavy atom. The maximum Gasteiger partial charge on any atom is 0.411 e. The molecule has 2 aliphatic rings. The van der Waals surface area contributed by atoms with Crippen LogP contribution in [0.25, 0.3) is 33.5 Å². The van der Waals surface area contributed by atoms with Crippen LogP contribution in [0.1, 0.15) is 45.1 Å². The lowest BCUT2D eigenvalue weighted by molar-refractivity contribution is 0.108. The molecule has 0 spiro atoms. The van der Waals surface area contributed by atoms with Crippen molar-refractivity contribution in [2.24, 2.45) is 5.92 Å². The molecule has 0 radical (unpaired) electrons. The number of carbonyl (C=O) groups is 1. The molecule has 6 rings (SSSR count). The number of hydrogen-bond donors (Lipinski definition) is 2. The van der Waals surface area contributed by atoms with E-state index in [2.05, 4.69) is 32.0 Å². The summed E-state index contributed by atoms with van der Waals surface area (Å²) in [6.45, 7) is 1.96. The number of nitrogens with one attached hydrogen (secondary N) is 1. The fraction of sp³-hybridized carbons (Fsp3) is 0.321. The number of carbonyl (C=O) groups excluding carboxylic acids is 1. The van der Waals surface area contributed by atoms with Gasteiger partial charge in [-0.1, -0.05) is 18.2 Å². The molecular formula is C28H29N5O2. The standard InChI is InChI=1S/C28H29N5O2/c1-17(18-6-7-18)35-28(34)32-21-11-8-19(9-12-21)26-25(29)23-13-10-20(27-30-14-3-15-31-27)16-24(23)33(26)22-4-2-5-22/h3,8-18,22H,2,4-7,29H2,1H3,(H,32,34)/t17-/m1/s1. The first-order chi connectivity index (χ1) is 17.1. The van der Waals surface area contributed by atoms with Crippen LogP contribution in [0.15, 0.2) is 60.9 Å². The molecule has 7 nitrogen and oxygen atoms in total. The summed E-state index contributed by atoms with van der Waals surface area (Å²) in [7, 11) is 0. The van der Waals surface area contributed by atoms with E-state index in [9.17, 15) is 4.79 Å². The second kappa shape index (κ2) is 8.73. The van der Waals surface area contributed by atoms with Crippen LogP contribution >= 0.6 is 0 Å². The molecule has 7 heteroatoms. The summed E-state index contributed by atoms with van der Waals surface area (Å²) in [5.74, 6) is 1.21. The first-order valence-corrected chi connectivity index (χ1v) is 12.4. The number of benzene rings is 2. The van der Waals surface area contributed by atoms with Gasteiger partial charge in [0.15, 0.2) is 5.82 Å². The van der Waals surface area contributed by atoms with Crippen molar-refractivity contribution in [3.05, 3.63) is 60.9 Å². The van der Waals surface area contributed by atoms with Crippen molar-refractivity contribution in [1.29, 1.82) is 0 Å². The maximum absolute atomic E-state index is 12.3.